The number of hydrogen-bond donors (Lipinski definition) is 1. The second kappa shape index (κ2) is 8.14. The van der Waals surface area contributed by atoms with Crippen molar-refractivity contribution in [2.75, 3.05) is 0 Å². The topological polar surface area (TPSA) is 43.1 Å². The van der Waals surface area contributed by atoms with Crippen molar-refractivity contribution in [1.29, 1.82) is 0 Å². The zero-order valence-corrected chi connectivity index (χ0v) is 14.7. The smallest absolute Gasteiger partial charge is 0.249 e. The summed E-state index contributed by atoms with van der Waals surface area (Å²) >= 11 is 0. The molecule has 0 saturated carbocycles. The number of carbonyl (C=O) groups is 1. The van der Waals surface area contributed by atoms with Gasteiger partial charge in [-0.15, -0.1) is 0 Å². The van der Waals surface area contributed by atoms with E-state index in [1.165, 1.54) is 31.2 Å². The number of hydrogen-bond acceptors (Lipinski definition) is 1. The molecule has 0 bridgehead atoms. The van der Waals surface area contributed by atoms with Gasteiger partial charge in [0.2, 0.25) is 5.91 Å². The maximum atomic E-state index is 12.1. The summed E-state index contributed by atoms with van der Waals surface area (Å²) in [5.41, 5.74) is 8.96. The normalized spacial score (nSPS) is 12.5. The monoisotopic (exact) mass is 311 g/mol. The van der Waals surface area contributed by atoms with E-state index in [0.29, 0.717) is 5.92 Å². The fourth-order valence-electron chi connectivity index (χ4n) is 3.66. The third-order valence-electron chi connectivity index (χ3n) is 4.88. The summed E-state index contributed by atoms with van der Waals surface area (Å²) in [6, 6.07) is 10.4. The SMILES string of the molecule is CCCCCC(CC)c1cc2ccccc2c(C(N)=O)c1CC. The van der Waals surface area contributed by atoms with Crippen molar-refractivity contribution >= 4 is 16.7 Å². The first-order valence-electron chi connectivity index (χ1n) is 8.98. The van der Waals surface area contributed by atoms with Gasteiger partial charge in [0.25, 0.3) is 0 Å². The Morgan fingerprint density at radius 3 is 2.48 bits per heavy atom. The number of nitrogens with two attached hydrogens (primary N) is 1. The number of fused-ring (bicyclic) bond motifs is 1. The largest absolute Gasteiger partial charge is 0.366 e. The zero-order chi connectivity index (χ0) is 16.8. The van der Waals surface area contributed by atoms with Gasteiger partial charge in [0.05, 0.1) is 5.56 Å². The summed E-state index contributed by atoms with van der Waals surface area (Å²) < 4.78 is 0. The lowest BCUT2D eigenvalue weighted by atomic mass is 9.82. The van der Waals surface area contributed by atoms with Gasteiger partial charge in [-0.3, -0.25) is 4.79 Å². The summed E-state index contributed by atoms with van der Waals surface area (Å²) in [6.07, 6.45) is 6.90. The van der Waals surface area contributed by atoms with Gasteiger partial charge < -0.3 is 5.73 Å². The third-order valence-corrected chi connectivity index (χ3v) is 4.88. The van der Waals surface area contributed by atoms with Gasteiger partial charge in [-0.1, -0.05) is 70.4 Å². The molecule has 2 N–H and O–H groups in total. The maximum Gasteiger partial charge on any atom is 0.249 e. The Kier molecular flexibility index (Phi) is 6.20. The van der Waals surface area contributed by atoms with Crippen LogP contribution < -0.4 is 5.73 Å². The molecule has 0 aliphatic carbocycles. The third kappa shape index (κ3) is 3.74. The molecule has 0 aliphatic rings. The predicted molar refractivity (Wildman–Crippen MR) is 99.0 cm³/mol. The minimum absolute atomic E-state index is 0.302. The van der Waals surface area contributed by atoms with Crippen LogP contribution in [0, 0.1) is 0 Å². The van der Waals surface area contributed by atoms with Crippen LogP contribution >= 0.6 is 0 Å². The summed E-state index contributed by atoms with van der Waals surface area (Å²) in [5.74, 6) is 0.211. The van der Waals surface area contributed by atoms with Crippen LogP contribution in [0.2, 0.25) is 0 Å². The number of benzene rings is 2. The molecule has 0 aliphatic heterocycles. The van der Waals surface area contributed by atoms with Crippen LogP contribution in [0.3, 0.4) is 0 Å². The molecular formula is C21H29NO. The van der Waals surface area contributed by atoms with Crippen molar-refractivity contribution in [3.05, 3.63) is 47.0 Å². The molecule has 2 aromatic rings. The van der Waals surface area contributed by atoms with Crippen molar-refractivity contribution in [3.63, 3.8) is 0 Å². The molecule has 1 unspecified atom stereocenters. The summed E-state index contributed by atoms with van der Waals surface area (Å²) in [7, 11) is 0. The lowest BCUT2D eigenvalue weighted by Crippen LogP contribution is -2.17. The zero-order valence-electron chi connectivity index (χ0n) is 14.7. The molecule has 0 fully saturated rings. The average molecular weight is 311 g/mol. The van der Waals surface area contributed by atoms with E-state index in [9.17, 15) is 4.79 Å². The molecule has 2 rings (SSSR count). The number of amides is 1. The first-order chi connectivity index (χ1) is 11.1. The van der Waals surface area contributed by atoms with E-state index in [4.69, 9.17) is 5.73 Å². The van der Waals surface area contributed by atoms with Crippen molar-refractivity contribution in [2.24, 2.45) is 5.73 Å². The van der Waals surface area contributed by atoms with Gasteiger partial charge in [0.1, 0.15) is 0 Å². The van der Waals surface area contributed by atoms with Gasteiger partial charge in [0.15, 0.2) is 0 Å². The second-order valence-electron chi connectivity index (χ2n) is 6.36. The van der Waals surface area contributed by atoms with Crippen molar-refractivity contribution in [1.82, 2.24) is 0 Å². The Morgan fingerprint density at radius 1 is 1.13 bits per heavy atom. The summed E-state index contributed by atoms with van der Waals surface area (Å²) in [5, 5.41) is 2.12. The van der Waals surface area contributed by atoms with E-state index in [1.54, 1.807) is 0 Å². The molecule has 124 valence electrons. The molecule has 0 saturated heterocycles. The van der Waals surface area contributed by atoms with Crippen LogP contribution in [0.1, 0.15) is 80.3 Å². The van der Waals surface area contributed by atoms with Crippen LogP contribution in [0.25, 0.3) is 10.8 Å². The Labute approximate surface area is 140 Å². The molecule has 0 heterocycles. The van der Waals surface area contributed by atoms with Crippen LogP contribution in [0.5, 0.6) is 0 Å². The van der Waals surface area contributed by atoms with Crippen molar-refractivity contribution in [2.45, 2.75) is 65.2 Å². The first-order valence-corrected chi connectivity index (χ1v) is 8.98. The van der Waals surface area contributed by atoms with Crippen LogP contribution in [-0.2, 0) is 6.42 Å². The lowest BCUT2D eigenvalue weighted by molar-refractivity contribution is 0.100. The maximum absolute atomic E-state index is 12.1. The van der Waals surface area contributed by atoms with E-state index in [0.717, 1.165) is 34.7 Å². The highest BCUT2D eigenvalue weighted by Crippen LogP contribution is 2.35. The molecular weight excluding hydrogens is 282 g/mol. The van der Waals surface area contributed by atoms with Crippen LogP contribution in [-0.4, -0.2) is 5.91 Å². The van der Waals surface area contributed by atoms with E-state index >= 15 is 0 Å². The molecule has 0 aromatic heterocycles. The van der Waals surface area contributed by atoms with Crippen LogP contribution in [0.15, 0.2) is 30.3 Å². The number of unbranched alkanes of at least 4 members (excludes halogenated alkanes) is 2. The van der Waals surface area contributed by atoms with E-state index in [2.05, 4.69) is 32.9 Å². The quantitative estimate of drug-likeness (QED) is 0.636. The molecule has 1 amide bonds. The fraction of sp³-hybridized carbons (Fsp3) is 0.476. The molecule has 0 spiro atoms. The second-order valence-corrected chi connectivity index (χ2v) is 6.36. The van der Waals surface area contributed by atoms with Gasteiger partial charge in [-0.25, -0.2) is 0 Å². The van der Waals surface area contributed by atoms with Crippen molar-refractivity contribution in [3.8, 4) is 0 Å². The lowest BCUT2D eigenvalue weighted by Gasteiger charge is -2.22. The van der Waals surface area contributed by atoms with Gasteiger partial charge in [-0.05, 0) is 47.1 Å². The average Bonchev–Trinajstić information content (AvgIpc) is 2.56. The standard InChI is InChI=1S/C21H29NO/c1-4-7-8-11-15(5-2)19-14-16-12-9-10-13-18(16)20(21(22)23)17(19)6-3/h9-10,12-15H,4-8,11H2,1-3H3,(H2,22,23). The van der Waals surface area contributed by atoms with E-state index < -0.39 is 0 Å². The van der Waals surface area contributed by atoms with Gasteiger partial charge >= 0.3 is 0 Å². The highest BCUT2D eigenvalue weighted by atomic mass is 16.1. The van der Waals surface area contributed by atoms with Crippen molar-refractivity contribution < 1.29 is 4.79 Å². The van der Waals surface area contributed by atoms with E-state index in [1.807, 2.05) is 18.2 Å². The molecule has 2 nitrogen and oxygen atoms in total. The Balaban J connectivity index is 2.59. The van der Waals surface area contributed by atoms with Crippen LogP contribution in [0.4, 0.5) is 0 Å². The fourth-order valence-corrected chi connectivity index (χ4v) is 3.66. The molecule has 0 radical (unpaired) electrons. The number of rotatable bonds is 8. The Hall–Kier alpha value is -1.83. The molecule has 23 heavy (non-hydrogen) atoms. The van der Waals surface area contributed by atoms with Gasteiger partial charge in [-0.2, -0.15) is 0 Å². The molecule has 2 heteroatoms. The Bertz CT molecular complexity index is 675. The van der Waals surface area contributed by atoms with Gasteiger partial charge in [0, 0.05) is 0 Å². The Morgan fingerprint density at radius 2 is 1.87 bits per heavy atom. The molecule has 2 aromatic carbocycles. The molecule has 1 atom stereocenters. The predicted octanol–water partition coefficient (Wildman–Crippen LogP) is 5.58. The number of primary amides is 1. The highest BCUT2D eigenvalue weighted by Gasteiger charge is 2.20. The minimum atomic E-state index is -0.302. The summed E-state index contributed by atoms with van der Waals surface area (Å²) in [4.78, 5) is 12.1. The minimum Gasteiger partial charge on any atom is -0.366 e. The highest BCUT2D eigenvalue weighted by molar-refractivity contribution is 6.08. The first kappa shape index (κ1) is 17.5. The number of carbonyl (C=O) groups excluding carboxylic acids is 1. The van der Waals surface area contributed by atoms with E-state index in [-0.39, 0.29) is 5.91 Å². The summed E-state index contributed by atoms with van der Waals surface area (Å²) in [6.45, 7) is 6.60.